The van der Waals surface area contributed by atoms with Crippen molar-refractivity contribution in [3.63, 3.8) is 0 Å². The van der Waals surface area contributed by atoms with Crippen LogP contribution in [0.3, 0.4) is 0 Å². The van der Waals surface area contributed by atoms with Gasteiger partial charge in [0.2, 0.25) is 5.91 Å². The van der Waals surface area contributed by atoms with Gasteiger partial charge in [0, 0.05) is 13.7 Å². The van der Waals surface area contributed by atoms with Crippen molar-refractivity contribution >= 4 is 5.91 Å². The van der Waals surface area contributed by atoms with Gasteiger partial charge < -0.3 is 10.1 Å². The summed E-state index contributed by atoms with van der Waals surface area (Å²) in [6.45, 7) is 7.18. The molecule has 0 aliphatic carbocycles. The minimum Gasteiger partial charge on any atom is -0.384 e. The van der Waals surface area contributed by atoms with Gasteiger partial charge in [0.05, 0.1) is 12.0 Å². The van der Waals surface area contributed by atoms with Crippen LogP contribution in [0.25, 0.3) is 0 Å². The molecule has 0 unspecified atom stereocenters. The first kappa shape index (κ1) is 13.4. The van der Waals surface area contributed by atoms with Crippen LogP contribution in [0.4, 0.5) is 0 Å². The third kappa shape index (κ3) is 5.22. The Kier molecular flexibility index (Phi) is 6.54. The molecule has 84 valence electrons. The number of amides is 1. The Labute approximate surface area is 87.2 Å². The van der Waals surface area contributed by atoms with Crippen molar-refractivity contribution in [2.45, 2.75) is 40.0 Å². The zero-order valence-corrected chi connectivity index (χ0v) is 9.85. The van der Waals surface area contributed by atoms with Crippen LogP contribution in [0.2, 0.25) is 0 Å². The lowest BCUT2D eigenvalue weighted by atomic mass is 9.93. The topological polar surface area (TPSA) is 38.3 Å². The quantitative estimate of drug-likeness (QED) is 0.639. The minimum atomic E-state index is -0.416. The van der Waals surface area contributed by atoms with Gasteiger partial charge in [-0.15, -0.1) is 0 Å². The molecule has 0 saturated heterocycles. The second kappa shape index (κ2) is 6.82. The Morgan fingerprint density at radius 1 is 1.36 bits per heavy atom. The van der Waals surface area contributed by atoms with Crippen molar-refractivity contribution in [3.8, 4) is 0 Å². The number of nitrogens with one attached hydrogen (secondary N) is 1. The molecule has 0 spiro atoms. The molecule has 0 aliphatic heterocycles. The molecule has 1 amide bonds. The first-order chi connectivity index (χ1) is 6.54. The van der Waals surface area contributed by atoms with E-state index in [-0.39, 0.29) is 5.91 Å². The van der Waals surface area contributed by atoms with Crippen LogP contribution >= 0.6 is 0 Å². The molecule has 0 saturated carbocycles. The highest BCUT2D eigenvalue weighted by Crippen LogP contribution is 2.14. The van der Waals surface area contributed by atoms with E-state index in [1.165, 1.54) is 12.8 Å². The maximum atomic E-state index is 11.6. The van der Waals surface area contributed by atoms with E-state index in [1.54, 1.807) is 7.11 Å². The van der Waals surface area contributed by atoms with Crippen molar-refractivity contribution in [1.29, 1.82) is 0 Å². The summed E-state index contributed by atoms with van der Waals surface area (Å²) in [5, 5.41) is 2.92. The van der Waals surface area contributed by atoms with E-state index >= 15 is 0 Å². The van der Waals surface area contributed by atoms with Gasteiger partial charge in [-0.3, -0.25) is 4.79 Å². The Hall–Kier alpha value is -0.570. The van der Waals surface area contributed by atoms with E-state index in [0.29, 0.717) is 6.61 Å². The monoisotopic (exact) mass is 201 g/mol. The van der Waals surface area contributed by atoms with Gasteiger partial charge >= 0.3 is 0 Å². The number of carbonyl (C=O) groups excluding carboxylic acids is 1. The summed E-state index contributed by atoms with van der Waals surface area (Å²) >= 11 is 0. The highest BCUT2D eigenvalue weighted by Gasteiger charge is 2.26. The third-order valence-corrected chi connectivity index (χ3v) is 2.19. The molecular weight excluding hydrogens is 178 g/mol. The first-order valence-electron chi connectivity index (χ1n) is 5.32. The average molecular weight is 201 g/mol. The fraction of sp³-hybridized carbons (Fsp3) is 0.909. The van der Waals surface area contributed by atoms with Crippen molar-refractivity contribution in [1.82, 2.24) is 5.32 Å². The molecular formula is C11H23NO2. The molecule has 0 rings (SSSR count). The van der Waals surface area contributed by atoms with E-state index in [1.807, 2.05) is 13.8 Å². The lowest BCUT2D eigenvalue weighted by Gasteiger charge is -2.22. The molecule has 14 heavy (non-hydrogen) atoms. The van der Waals surface area contributed by atoms with E-state index < -0.39 is 5.41 Å². The van der Waals surface area contributed by atoms with Crippen LogP contribution in [-0.2, 0) is 9.53 Å². The number of rotatable bonds is 7. The van der Waals surface area contributed by atoms with E-state index in [9.17, 15) is 4.79 Å². The standard InChI is InChI=1S/C11H23NO2/c1-5-6-7-8-12-10(13)11(2,3)9-14-4/h5-9H2,1-4H3,(H,12,13). The number of hydrogen-bond acceptors (Lipinski definition) is 2. The number of methoxy groups -OCH3 is 1. The highest BCUT2D eigenvalue weighted by atomic mass is 16.5. The van der Waals surface area contributed by atoms with Crippen molar-refractivity contribution in [3.05, 3.63) is 0 Å². The number of unbranched alkanes of at least 4 members (excludes halogenated alkanes) is 2. The van der Waals surface area contributed by atoms with Crippen LogP contribution in [0.15, 0.2) is 0 Å². The van der Waals surface area contributed by atoms with Gasteiger partial charge in [-0.1, -0.05) is 19.8 Å². The molecule has 0 bridgehead atoms. The maximum Gasteiger partial charge on any atom is 0.227 e. The molecule has 0 aromatic rings. The largest absolute Gasteiger partial charge is 0.384 e. The summed E-state index contributed by atoms with van der Waals surface area (Å²) in [7, 11) is 1.62. The maximum absolute atomic E-state index is 11.6. The molecule has 0 heterocycles. The van der Waals surface area contributed by atoms with Gasteiger partial charge in [-0.25, -0.2) is 0 Å². The van der Waals surface area contributed by atoms with Gasteiger partial charge in [-0.2, -0.15) is 0 Å². The number of hydrogen-bond donors (Lipinski definition) is 1. The molecule has 0 radical (unpaired) electrons. The Bertz CT molecular complexity index is 167. The molecule has 3 heteroatoms. The average Bonchev–Trinajstić information content (AvgIpc) is 2.12. The van der Waals surface area contributed by atoms with Crippen LogP contribution in [-0.4, -0.2) is 26.2 Å². The summed E-state index contributed by atoms with van der Waals surface area (Å²) in [5.74, 6) is 0.0791. The minimum absolute atomic E-state index is 0.0791. The summed E-state index contributed by atoms with van der Waals surface area (Å²) in [4.78, 5) is 11.6. The fourth-order valence-electron chi connectivity index (χ4n) is 1.24. The zero-order chi connectivity index (χ0) is 11.0. The summed E-state index contributed by atoms with van der Waals surface area (Å²) < 4.78 is 4.99. The van der Waals surface area contributed by atoms with E-state index in [4.69, 9.17) is 4.74 Å². The van der Waals surface area contributed by atoms with Crippen molar-refractivity contribution in [2.75, 3.05) is 20.3 Å². The van der Waals surface area contributed by atoms with Gasteiger partial charge in [-0.05, 0) is 20.3 Å². The molecule has 0 aromatic carbocycles. The first-order valence-corrected chi connectivity index (χ1v) is 5.32. The lowest BCUT2D eigenvalue weighted by Crippen LogP contribution is -2.40. The van der Waals surface area contributed by atoms with Crippen LogP contribution < -0.4 is 5.32 Å². The summed E-state index contributed by atoms with van der Waals surface area (Å²) in [5.41, 5.74) is -0.416. The Morgan fingerprint density at radius 2 is 2.00 bits per heavy atom. The van der Waals surface area contributed by atoms with Crippen LogP contribution in [0.1, 0.15) is 40.0 Å². The molecule has 1 N–H and O–H groups in total. The third-order valence-electron chi connectivity index (χ3n) is 2.19. The van der Waals surface area contributed by atoms with Gasteiger partial charge in [0.1, 0.15) is 0 Å². The highest BCUT2D eigenvalue weighted by molar-refractivity contribution is 5.81. The number of ether oxygens (including phenoxy) is 1. The van der Waals surface area contributed by atoms with Crippen molar-refractivity contribution < 1.29 is 9.53 Å². The molecule has 3 nitrogen and oxygen atoms in total. The van der Waals surface area contributed by atoms with E-state index in [0.717, 1.165) is 13.0 Å². The van der Waals surface area contributed by atoms with E-state index in [2.05, 4.69) is 12.2 Å². The second-order valence-electron chi connectivity index (χ2n) is 4.28. The lowest BCUT2D eigenvalue weighted by molar-refractivity contribution is -0.131. The second-order valence-corrected chi connectivity index (χ2v) is 4.28. The van der Waals surface area contributed by atoms with Gasteiger partial charge in [0.25, 0.3) is 0 Å². The molecule has 0 atom stereocenters. The molecule has 0 aromatic heterocycles. The normalized spacial score (nSPS) is 11.4. The van der Waals surface area contributed by atoms with Crippen LogP contribution in [0, 0.1) is 5.41 Å². The molecule has 0 aliphatic rings. The Balaban J connectivity index is 3.71. The predicted molar refractivity (Wildman–Crippen MR) is 58.2 cm³/mol. The molecule has 0 fully saturated rings. The fourth-order valence-corrected chi connectivity index (χ4v) is 1.24. The smallest absolute Gasteiger partial charge is 0.227 e. The summed E-state index contributed by atoms with van der Waals surface area (Å²) in [6.07, 6.45) is 3.41. The number of carbonyl (C=O) groups is 1. The predicted octanol–water partition coefficient (Wildman–Crippen LogP) is 1.97. The van der Waals surface area contributed by atoms with Crippen molar-refractivity contribution in [2.24, 2.45) is 5.41 Å². The Morgan fingerprint density at radius 3 is 2.50 bits per heavy atom. The van der Waals surface area contributed by atoms with Crippen LogP contribution in [0.5, 0.6) is 0 Å². The zero-order valence-electron chi connectivity index (χ0n) is 9.85. The SMILES string of the molecule is CCCCCNC(=O)C(C)(C)COC. The summed E-state index contributed by atoms with van der Waals surface area (Å²) in [6, 6.07) is 0. The van der Waals surface area contributed by atoms with Gasteiger partial charge in [0.15, 0.2) is 0 Å².